The molecule has 0 unspecified atom stereocenters. The van der Waals surface area contributed by atoms with E-state index in [0.717, 1.165) is 33.9 Å². The van der Waals surface area contributed by atoms with Gasteiger partial charge in [0.2, 0.25) is 5.91 Å². The number of carbonyl (C=O) groups is 1. The van der Waals surface area contributed by atoms with Crippen LogP contribution in [-0.4, -0.2) is 32.0 Å². The summed E-state index contributed by atoms with van der Waals surface area (Å²) in [5.41, 5.74) is 6.87. The van der Waals surface area contributed by atoms with Gasteiger partial charge in [-0.3, -0.25) is 9.78 Å². The number of nitrogens with zero attached hydrogens (tertiary/aromatic N) is 3. The average Bonchev–Trinajstić information content (AvgIpc) is 3.35. The number of rotatable bonds is 7. The Morgan fingerprint density at radius 3 is 2.54 bits per heavy atom. The third kappa shape index (κ3) is 5.40. The van der Waals surface area contributed by atoms with Crippen molar-refractivity contribution in [3.63, 3.8) is 0 Å². The Bertz CT molecular complexity index is 1520. The molecule has 5 rings (SSSR count). The zero-order chi connectivity index (χ0) is 27.7. The van der Waals surface area contributed by atoms with Gasteiger partial charge in [0, 0.05) is 52.5 Å². The van der Waals surface area contributed by atoms with Crippen LogP contribution in [0.3, 0.4) is 0 Å². The highest BCUT2D eigenvalue weighted by Crippen LogP contribution is 2.43. The van der Waals surface area contributed by atoms with Gasteiger partial charge in [0.15, 0.2) is 5.11 Å². The summed E-state index contributed by atoms with van der Waals surface area (Å²) in [6.45, 7) is 6.72. The third-order valence-corrected chi connectivity index (χ3v) is 7.86. The Morgan fingerprint density at radius 2 is 1.85 bits per heavy atom. The van der Waals surface area contributed by atoms with Crippen LogP contribution in [0.25, 0.3) is 5.69 Å². The molecule has 2 aromatic carbocycles. The first-order valence-electron chi connectivity index (χ1n) is 12.7. The van der Waals surface area contributed by atoms with Crippen LogP contribution in [0.5, 0.6) is 0 Å². The van der Waals surface area contributed by atoms with Gasteiger partial charge in [-0.1, -0.05) is 23.7 Å². The SMILES string of the molecule is Cc1c([C@@H]2[C@H](c3ccccn3)NC(=S)N2CCC(=O)Nc2ccc(F)cc2)c(C)n(-c2cccc(Cl)c2)c1C. The molecule has 0 saturated carbocycles. The lowest BCUT2D eigenvalue weighted by Crippen LogP contribution is -2.33. The summed E-state index contributed by atoms with van der Waals surface area (Å²) in [6.07, 6.45) is 1.98. The molecular formula is C30H29ClFN5OS. The molecule has 1 saturated heterocycles. The van der Waals surface area contributed by atoms with Crippen LogP contribution in [0.1, 0.15) is 46.7 Å². The lowest BCUT2D eigenvalue weighted by molar-refractivity contribution is -0.116. The fraction of sp³-hybridized carbons (Fsp3) is 0.233. The number of carbonyl (C=O) groups excluding carboxylic acids is 1. The van der Waals surface area contributed by atoms with Crippen LogP contribution < -0.4 is 10.6 Å². The number of thiocarbonyl (C=S) groups is 1. The number of pyridine rings is 1. The fourth-order valence-electron chi connectivity index (χ4n) is 5.38. The number of aromatic nitrogens is 2. The van der Waals surface area contributed by atoms with Crippen LogP contribution >= 0.6 is 23.8 Å². The van der Waals surface area contributed by atoms with E-state index < -0.39 is 0 Å². The Labute approximate surface area is 237 Å². The molecule has 0 spiro atoms. The van der Waals surface area contributed by atoms with Gasteiger partial charge in [-0.2, -0.15) is 0 Å². The maximum Gasteiger partial charge on any atom is 0.226 e. The highest BCUT2D eigenvalue weighted by atomic mass is 35.5. The molecule has 2 aromatic heterocycles. The van der Waals surface area contributed by atoms with Crippen LogP contribution in [0, 0.1) is 26.6 Å². The number of halogens is 2. The molecule has 0 aliphatic carbocycles. The maximum absolute atomic E-state index is 13.3. The van der Waals surface area contributed by atoms with Gasteiger partial charge < -0.3 is 20.1 Å². The van der Waals surface area contributed by atoms with Crippen molar-refractivity contribution in [2.45, 2.75) is 39.3 Å². The first kappa shape index (κ1) is 26.8. The van der Waals surface area contributed by atoms with Crippen LogP contribution in [0.15, 0.2) is 72.9 Å². The van der Waals surface area contributed by atoms with Crippen molar-refractivity contribution in [2.75, 3.05) is 11.9 Å². The van der Waals surface area contributed by atoms with E-state index in [-0.39, 0.29) is 30.2 Å². The molecule has 6 nitrogen and oxygen atoms in total. The van der Waals surface area contributed by atoms with Gasteiger partial charge in [-0.05, 0) is 93.1 Å². The van der Waals surface area contributed by atoms with E-state index in [9.17, 15) is 9.18 Å². The second-order valence-corrected chi connectivity index (χ2v) is 10.5. The Morgan fingerprint density at radius 1 is 1.08 bits per heavy atom. The van der Waals surface area contributed by atoms with Crippen molar-refractivity contribution in [1.29, 1.82) is 0 Å². The maximum atomic E-state index is 13.3. The van der Waals surface area contributed by atoms with Crippen molar-refractivity contribution < 1.29 is 9.18 Å². The van der Waals surface area contributed by atoms with Gasteiger partial charge in [-0.25, -0.2) is 4.39 Å². The summed E-state index contributed by atoms with van der Waals surface area (Å²) in [4.78, 5) is 19.6. The molecule has 1 aliphatic rings. The molecule has 39 heavy (non-hydrogen) atoms. The van der Waals surface area contributed by atoms with Crippen molar-refractivity contribution >= 4 is 40.5 Å². The second kappa shape index (κ2) is 11.2. The Kier molecular flexibility index (Phi) is 7.68. The summed E-state index contributed by atoms with van der Waals surface area (Å²) in [7, 11) is 0. The predicted octanol–water partition coefficient (Wildman–Crippen LogP) is 6.59. The van der Waals surface area contributed by atoms with E-state index in [1.54, 1.807) is 18.3 Å². The number of anilines is 1. The minimum absolute atomic E-state index is 0.175. The van der Waals surface area contributed by atoms with E-state index in [4.69, 9.17) is 23.8 Å². The number of benzene rings is 2. The average molecular weight is 562 g/mol. The molecule has 1 aliphatic heterocycles. The van der Waals surface area contributed by atoms with E-state index in [1.807, 2.05) is 42.5 Å². The molecule has 9 heteroatoms. The number of hydrogen-bond donors (Lipinski definition) is 2. The normalized spacial score (nSPS) is 16.8. The molecule has 200 valence electrons. The highest BCUT2D eigenvalue weighted by molar-refractivity contribution is 7.80. The lowest BCUT2D eigenvalue weighted by Gasteiger charge is -2.29. The van der Waals surface area contributed by atoms with Gasteiger partial charge >= 0.3 is 0 Å². The van der Waals surface area contributed by atoms with Crippen LogP contribution in [0.2, 0.25) is 5.02 Å². The zero-order valence-corrected chi connectivity index (χ0v) is 23.5. The molecule has 0 bridgehead atoms. The number of amides is 1. The summed E-state index contributed by atoms with van der Waals surface area (Å²) < 4.78 is 15.5. The molecule has 4 aromatic rings. The lowest BCUT2D eigenvalue weighted by atomic mass is 9.93. The largest absolute Gasteiger partial charge is 0.352 e. The first-order valence-corrected chi connectivity index (χ1v) is 13.5. The summed E-state index contributed by atoms with van der Waals surface area (Å²) in [5.74, 6) is -0.527. The van der Waals surface area contributed by atoms with Crippen LogP contribution in [0.4, 0.5) is 10.1 Å². The predicted molar refractivity (Wildman–Crippen MR) is 157 cm³/mol. The number of hydrogen-bond acceptors (Lipinski definition) is 3. The summed E-state index contributed by atoms with van der Waals surface area (Å²) in [6, 6.07) is 19.0. The van der Waals surface area contributed by atoms with E-state index in [2.05, 4.69) is 45.9 Å². The quantitative estimate of drug-likeness (QED) is 0.249. The zero-order valence-electron chi connectivity index (χ0n) is 21.9. The fourth-order valence-corrected chi connectivity index (χ4v) is 5.90. The molecule has 1 amide bonds. The second-order valence-electron chi connectivity index (χ2n) is 9.65. The van der Waals surface area contributed by atoms with Gasteiger partial charge in [-0.15, -0.1) is 0 Å². The van der Waals surface area contributed by atoms with Gasteiger partial charge in [0.1, 0.15) is 5.82 Å². The molecular weight excluding hydrogens is 533 g/mol. The minimum Gasteiger partial charge on any atom is -0.352 e. The van der Waals surface area contributed by atoms with E-state index >= 15 is 0 Å². The highest BCUT2D eigenvalue weighted by Gasteiger charge is 2.42. The molecule has 3 heterocycles. The minimum atomic E-state index is -0.351. The topological polar surface area (TPSA) is 62.2 Å². The first-order chi connectivity index (χ1) is 18.7. The monoisotopic (exact) mass is 561 g/mol. The third-order valence-electron chi connectivity index (χ3n) is 7.28. The van der Waals surface area contributed by atoms with E-state index in [0.29, 0.717) is 22.4 Å². The van der Waals surface area contributed by atoms with E-state index in [1.165, 1.54) is 12.1 Å². The van der Waals surface area contributed by atoms with Crippen molar-refractivity contribution in [3.05, 3.63) is 112 Å². The Hall–Kier alpha value is -3.75. The summed E-state index contributed by atoms with van der Waals surface area (Å²) >= 11 is 12.2. The standard InChI is InChI=1S/C30H29ClFN5OS/c1-18-19(2)37(24-8-6-7-21(31)17-24)20(3)27(18)29-28(25-9-4-5-15-33-25)35-30(39)36(29)16-14-26(38)34-23-12-10-22(32)11-13-23/h4-13,15,17,28-29H,14,16H2,1-3H3,(H,34,38)(H,35,39)/t28-,29+/m0/s1. The smallest absolute Gasteiger partial charge is 0.226 e. The molecule has 1 fully saturated rings. The van der Waals surface area contributed by atoms with Gasteiger partial charge in [0.05, 0.1) is 17.8 Å². The van der Waals surface area contributed by atoms with Crippen molar-refractivity contribution in [1.82, 2.24) is 19.8 Å². The van der Waals surface area contributed by atoms with Crippen molar-refractivity contribution in [2.24, 2.45) is 0 Å². The van der Waals surface area contributed by atoms with Gasteiger partial charge in [0.25, 0.3) is 0 Å². The summed E-state index contributed by atoms with van der Waals surface area (Å²) in [5, 5.41) is 7.55. The Balaban J connectivity index is 1.50. The van der Waals surface area contributed by atoms with Crippen LogP contribution in [-0.2, 0) is 4.79 Å². The molecule has 2 atom stereocenters. The molecule has 2 N–H and O–H groups in total. The molecule has 0 radical (unpaired) electrons. The number of nitrogens with one attached hydrogen (secondary N) is 2. The van der Waals surface area contributed by atoms with Crippen molar-refractivity contribution in [3.8, 4) is 5.69 Å².